The minimum Gasteiger partial charge on any atom is -0.325 e. The molecule has 0 aliphatic carbocycles. The van der Waals surface area contributed by atoms with Gasteiger partial charge in [0.25, 0.3) is 0 Å². The average Bonchev–Trinajstić information content (AvgIpc) is 3.09. The molecule has 0 aliphatic rings. The fourth-order valence-electron chi connectivity index (χ4n) is 2.78. The molecule has 0 bridgehead atoms. The zero-order chi connectivity index (χ0) is 20.3. The number of para-hydroxylation sites is 1. The maximum Gasteiger partial charge on any atom is 0.237 e. The average molecular weight is 395 g/mol. The standard InChI is InChI=1S/C20H21N5O2S/c1-12-6-5-7-13(2)18(12)25-20(22-23-24-25)28-15(4)19(27)21-17-10-8-16(9-11-17)14(3)26/h5-11,15H,1-4H3,(H,21,27). The fraction of sp³-hybridized carbons (Fsp3) is 0.250. The summed E-state index contributed by atoms with van der Waals surface area (Å²) >= 11 is 1.29. The molecule has 2 aromatic carbocycles. The van der Waals surface area contributed by atoms with Crippen molar-refractivity contribution in [2.24, 2.45) is 0 Å². The molecule has 0 saturated carbocycles. The van der Waals surface area contributed by atoms with Gasteiger partial charge in [0.05, 0.1) is 10.9 Å². The minimum absolute atomic E-state index is 0.0138. The summed E-state index contributed by atoms with van der Waals surface area (Å²) < 4.78 is 1.67. The van der Waals surface area contributed by atoms with Crippen LogP contribution in [0.5, 0.6) is 0 Å². The van der Waals surface area contributed by atoms with Gasteiger partial charge in [0.1, 0.15) is 0 Å². The molecule has 0 radical (unpaired) electrons. The van der Waals surface area contributed by atoms with Crippen molar-refractivity contribution in [2.45, 2.75) is 38.1 Å². The Balaban J connectivity index is 1.73. The number of anilines is 1. The number of benzene rings is 2. The van der Waals surface area contributed by atoms with Crippen molar-refractivity contribution < 1.29 is 9.59 Å². The highest BCUT2D eigenvalue weighted by molar-refractivity contribution is 8.00. The van der Waals surface area contributed by atoms with Crippen LogP contribution in [-0.2, 0) is 4.79 Å². The number of Topliss-reactive ketones (excluding diaryl/α,β-unsaturated/α-hetero) is 1. The Morgan fingerprint density at radius 2 is 1.71 bits per heavy atom. The maximum atomic E-state index is 12.6. The molecule has 3 aromatic rings. The lowest BCUT2D eigenvalue weighted by atomic mass is 10.1. The topological polar surface area (TPSA) is 89.8 Å². The molecule has 1 unspecified atom stereocenters. The van der Waals surface area contributed by atoms with Gasteiger partial charge in [-0.1, -0.05) is 30.0 Å². The normalized spacial score (nSPS) is 11.9. The molecule has 0 saturated heterocycles. The van der Waals surface area contributed by atoms with Crippen LogP contribution in [0.15, 0.2) is 47.6 Å². The van der Waals surface area contributed by atoms with Crippen molar-refractivity contribution in [3.8, 4) is 5.69 Å². The monoisotopic (exact) mass is 395 g/mol. The lowest BCUT2D eigenvalue weighted by molar-refractivity contribution is -0.115. The number of nitrogens with zero attached hydrogens (tertiary/aromatic N) is 4. The zero-order valence-corrected chi connectivity index (χ0v) is 16.9. The highest BCUT2D eigenvalue weighted by Gasteiger charge is 2.20. The highest BCUT2D eigenvalue weighted by Crippen LogP contribution is 2.26. The Morgan fingerprint density at radius 3 is 2.32 bits per heavy atom. The van der Waals surface area contributed by atoms with Crippen LogP contribution in [0.1, 0.15) is 35.3 Å². The Kier molecular flexibility index (Phi) is 5.89. The van der Waals surface area contributed by atoms with Gasteiger partial charge in [0.15, 0.2) is 5.78 Å². The van der Waals surface area contributed by atoms with E-state index in [2.05, 4.69) is 20.8 Å². The van der Waals surface area contributed by atoms with Gasteiger partial charge < -0.3 is 5.32 Å². The molecule has 1 aromatic heterocycles. The van der Waals surface area contributed by atoms with E-state index >= 15 is 0 Å². The largest absolute Gasteiger partial charge is 0.325 e. The van der Waals surface area contributed by atoms with Gasteiger partial charge in [-0.25, -0.2) is 0 Å². The number of hydrogen-bond donors (Lipinski definition) is 1. The molecule has 1 N–H and O–H groups in total. The quantitative estimate of drug-likeness (QED) is 0.507. The summed E-state index contributed by atoms with van der Waals surface area (Å²) in [7, 11) is 0. The third-order valence-electron chi connectivity index (χ3n) is 4.30. The van der Waals surface area contributed by atoms with E-state index in [-0.39, 0.29) is 11.7 Å². The molecular weight excluding hydrogens is 374 g/mol. The molecule has 0 fully saturated rings. The summed E-state index contributed by atoms with van der Waals surface area (Å²) in [6.07, 6.45) is 0. The molecule has 7 nitrogen and oxygen atoms in total. The minimum atomic E-state index is -0.415. The number of carbonyl (C=O) groups is 2. The van der Waals surface area contributed by atoms with Crippen LogP contribution in [0.4, 0.5) is 5.69 Å². The van der Waals surface area contributed by atoms with Crippen LogP contribution in [-0.4, -0.2) is 37.1 Å². The number of tetrazole rings is 1. The van der Waals surface area contributed by atoms with Gasteiger partial charge in [-0.3, -0.25) is 9.59 Å². The van der Waals surface area contributed by atoms with Crippen LogP contribution in [0, 0.1) is 13.8 Å². The third kappa shape index (κ3) is 4.28. The number of carbonyl (C=O) groups excluding carboxylic acids is 2. The van der Waals surface area contributed by atoms with Gasteiger partial charge in [-0.15, -0.1) is 5.10 Å². The van der Waals surface area contributed by atoms with Crippen LogP contribution in [0.3, 0.4) is 0 Å². The van der Waals surface area contributed by atoms with E-state index in [0.717, 1.165) is 16.8 Å². The van der Waals surface area contributed by atoms with Gasteiger partial charge in [-0.05, 0) is 73.5 Å². The summed E-state index contributed by atoms with van der Waals surface area (Å²) in [6, 6.07) is 12.8. The fourth-order valence-corrected chi connectivity index (χ4v) is 3.57. The van der Waals surface area contributed by atoms with E-state index in [1.807, 2.05) is 32.0 Å². The van der Waals surface area contributed by atoms with Crippen molar-refractivity contribution >= 4 is 29.1 Å². The number of thioether (sulfide) groups is 1. The number of aryl methyl sites for hydroxylation is 2. The van der Waals surface area contributed by atoms with Gasteiger partial charge in [-0.2, -0.15) is 4.68 Å². The summed E-state index contributed by atoms with van der Waals surface area (Å²) in [4.78, 5) is 23.9. The number of nitrogens with one attached hydrogen (secondary N) is 1. The van der Waals surface area contributed by atoms with E-state index in [1.54, 1.807) is 35.9 Å². The third-order valence-corrected chi connectivity index (χ3v) is 5.34. The second kappa shape index (κ2) is 8.35. The SMILES string of the molecule is CC(=O)c1ccc(NC(=O)C(C)Sc2nnnn2-c2c(C)cccc2C)cc1. The van der Waals surface area contributed by atoms with Crippen LogP contribution >= 0.6 is 11.8 Å². The molecule has 0 spiro atoms. The zero-order valence-electron chi connectivity index (χ0n) is 16.1. The van der Waals surface area contributed by atoms with Gasteiger partial charge >= 0.3 is 0 Å². The Bertz CT molecular complexity index is 993. The van der Waals surface area contributed by atoms with Crippen molar-refractivity contribution in [3.05, 3.63) is 59.2 Å². The predicted octanol–water partition coefficient (Wildman–Crippen LogP) is 3.60. The molecule has 1 atom stereocenters. The van der Waals surface area contributed by atoms with Crippen molar-refractivity contribution in [3.63, 3.8) is 0 Å². The molecule has 0 aliphatic heterocycles. The van der Waals surface area contributed by atoms with E-state index < -0.39 is 5.25 Å². The molecule has 1 heterocycles. The maximum absolute atomic E-state index is 12.6. The first-order chi connectivity index (χ1) is 13.4. The predicted molar refractivity (Wildman–Crippen MR) is 109 cm³/mol. The van der Waals surface area contributed by atoms with Crippen LogP contribution in [0.25, 0.3) is 5.69 Å². The number of aromatic nitrogens is 4. The Labute approximate surface area is 167 Å². The molecule has 28 heavy (non-hydrogen) atoms. The molecule has 3 rings (SSSR count). The molecular formula is C20H21N5O2S. The lowest BCUT2D eigenvalue weighted by Crippen LogP contribution is -2.23. The first kappa shape index (κ1) is 19.8. The number of amides is 1. The number of hydrogen-bond acceptors (Lipinski definition) is 6. The number of rotatable bonds is 6. The second-order valence-corrected chi connectivity index (χ2v) is 7.80. The van der Waals surface area contributed by atoms with E-state index in [4.69, 9.17) is 0 Å². The van der Waals surface area contributed by atoms with Crippen LogP contribution in [0.2, 0.25) is 0 Å². The summed E-state index contributed by atoms with van der Waals surface area (Å²) in [6.45, 7) is 7.30. The summed E-state index contributed by atoms with van der Waals surface area (Å²) in [5, 5.41) is 15.0. The van der Waals surface area contributed by atoms with Crippen molar-refractivity contribution in [1.29, 1.82) is 0 Å². The van der Waals surface area contributed by atoms with Crippen molar-refractivity contribution in [2.75, 3.05) is 5.32 Å². The van der Waals surface area contributed by atoms with Gasteiger partial charge in [0, 0.05) is 11.3 Å². The van der Waals surface area contributed by atoms with Crippen LogP contribution < -0.4 is 5.32 Å². The summed E-state index contributed by atoms with van der Waals surface area (Å²) in [5.41, 5.74) is 4.26. The first-order valence-electron chi connectivity index (χ1n) is 8.80. The second-order valence-electron chi connectivity index (χ2n) is 6.50. The van der Waals surface area contributed by atoms with E-state index in [9.17, 15) is 9.59 Å². The summed E-state index contributed by atoms with van der Waals surface area (Å²) in [5.74, 6) is -0.184. The van der Waals surface area contributed by atoms with Crippen molar-refractivity contribution in [1.82, 2.24) is 20.2 Å². The Hall–Kier alpha value is -3.00. The smallest absolute Gasteiger partial charge is 0.237 e. The molecule has 8 heteroatoms. The number of ketones is 1. The first-order valence-corrected chi connectivity index (χ1v) is 9.68. The van der Waals surface area contributed by atoms with Gasteiger partial charge in [0.2, 0.25) is 11.1 Å². The highest BCUT2D eigenvalue weighted by atomic mass is 32.2. The molecule has 1 amide bonds. The van der Waals surface area contributed by atoms with E-state index in [1.165, 1.54) is 18.7 Å². The van der Waals surface area contributed by atoms with E-state index in [0.29, 0.717) is 16.4 Å². The Morgan fingerprint density at radius 1 is 1.07 bits per heavy atom. The molecule has 144 valence electrons. The lowest BCUT2D eigenvalue weighted by Gasteiger charge is -2.14.